The van der Waals surface area contributed by atoms with E-state index in [4.69, 9.17) is 15.0 Å². The minimum absolute atomic E-state index is 0.206. The molecule has 1 amide bonds. The molecule has 19 heavy (non-hydrogen) atoms. The summed E-state index contributed by atoms with van der Waals surface area (Å²) in [6.45, 7) is 6.39. The van der Waals surface area contributed by atoms with E-state index in [0.717, 1.165) is 12.8 Å². The summed E-state index contributed by atoms with van der Waals surface area (Å²) >= 11 is 0. The van der Waals surface area contributed by atoms with Crippen molar-refractivity contribution in [3.8, 4) is 0 Å². The van der Waals surface area contributed by atoms with E-state index in [1.54, 1.807) is 4.90 Å². The molecular formula is C12H20N4O3. The highest BCUT2D eigenvalue weighted by Crippen LogP contribution is 2.32. The number of amides is 1. The van der Waals surface area contributed by atoms with Crippen LogP contribution in [0.15, 0.2) is 4.52 Å². The van der Waals surface area contributed by atoms with Gasteiger partial charge in [-0.1, -0.05) is 5.16 Å². The van der Waals surface area contributed by atoms with Gasteiger partial charge in [0.1, 0.15) is 11.6 Å². The summed E-state index contributed by atoms with van der Waals surface area (Å²) in [4.78, 5) is 17.9. The Morgan fingerprint density at radius 1 is 1.58 bits per heavy atom. The monoisotopic (exact) mass is 268 g/mol. The maximum Gasteiger partial charge on any atom is 0.410 e. The van der Waals surface area contributed by atoms with E-state index in [9.17, 15) is 4.79 Å². The van der Waals surface area contributed by atoms with Crippen molar-refractivity contribution in [2.45, 2.75) is 51.8 Å². The van der Waals surface area contributed by atoms with E-state index in [0.29, 0.717) is 18.3 Å². The van der Waals surface area contributed by atoms with Crippen molar-refractivity contribution in [2.75, 3.05) is 6.54 Å². The maximum absolute atomic E-state index is 12.1. The molecule has 1 saturated heterocycles. The standard InChI is InChI=1S/C12H20N4O3/c1-12(2,3)18-11(17)16-6-4-5-8(16)10-14-9(7-13)15-19-10/h8H,4-7,13H2,1-3H3/t8-/m1/s1. The Kier molecular flexibility index (Phi) is 3.75. The molecule has 0 saturated carbocycles. The minimum Gasteiger partial charge on any atom is -0.444 e. The number of likely N-dealkylation sites (tertiary alicyclic amines) is 1. The van der Waals surface area contributed by atoms with E-state index in [-0.39, 0.29) is 18.7 Å². The van der Waals surface area contributed by atoms with E-state index in [2.05, 4.69) is 10.1 Å². The van der Waals surface area contributed by atoms with Gasteiger partial charge in [-0.25, -0.2) is 4.79 Å². The fraction of sp³-hybridized carbons (Fsp3) is 0.750. The second kappa shape index (κ2) is 5.16. The fourth-order valence-corrected chi connectivity index (χ4v) is 2.05. The maximum atomic E-state index is 12.1. The summed E-state index contributed by atoms with van der Waals surface area (Å²) in [5.41, 5.74) is 4.94. The van der Waals surface area contributed by atoms with Gasteiger partial charge in [-0.3, -0.25) is 4.90 Å². The molecule has 1 aliphatic rings. The highest BCUT2D eigenvalue weighted by atomic mass is 16.6. The Labute approximate surface area is 112 Å². The van der Waals surface area contributed by atoms with Gasteiger partial charge in [0, 0.05) is 6.54 Å². The molecule has 7 nitrogen and oxygen atoms in total. The first-order valence-electron chi connectivity index (χ1n) is 6.43. The first kappa shape index (κ1) is 13.8. The molecule has 106 valence electrons. The van der Waals surface area contributed by atoms with E-state index in [1.807, 2.05) is 20.8 Å². The molecule has 2 N–H and O–H groups in total. The smallest absolute Gasteiger partial charge is 0.410 e. The lowest BCUT2D eigenvalue weighted by atomic mass is 10.2. The van der Waals surface area contributed by atoms with Gasteiger partial charge in [-0.05, 0) is 33.6 Å². The number of carbonyl (C=O) groups excluding carboxylic acids is 1. The van der Waals surface area contributed by atoms with E-state index < -0.39 is 5.60 Å². The van der Waals surface area contributed by atoms with Crippen LogP contribution in [0.5, 0.6) is 0 Å². The molecule has 1 fully saturated rings. The van der Waals surface area contributed by atoms with Crippen LogP contribution in [0.1, 0.15) is 51.4 Å². The van der Waals surface area contributed by atoms with Crippen LogP contribution >= 0.6 is 0 Å². The van der Waals surface area contributed by atoms with Gasteiger partial charge in [0.25, 0.3) is 0 Å². The second-order valence-corrected chi connectivity index (χ2v) is 5.58. The Morgan fingerprint density at radius 2 is 2.32 bits per heavy atom. The third-order valence-corrected chi connectivity index (χ3v) is 2.83. The molecule has 1 aromatic rings. The molecular weight excluding hydrogens is 248 g/mol. The lowest BCUT2D eigenvalue weighted by molar-refractivity contribution is 0.0199. The lowest BCUT2D eigenvalue weighted by Crippen LogP contribution is -2.36. The molecule has 1 aliphatic heterocycles. The lowest BCUT2D eigenvalue weighted by Gasteiger charge is -2.26. The van der Waals surface area contributed by atoms with Crippen molar-refractivity contribution in [1.29, 1.82) is 0 Å². The highest BCUT2D eigenvalue weighted by molar-refractivity contribution is 5.69. The Balaban J connectivity index is 2.10. The summed E-state index contributed by atoms with van der Waals surface area (Å²) in [5, 5.41) is 3.76. The first-order valence-corrected chi connectivity index (χ1v) is 6.43. The molecule has 2 heterocycles. The van der Waals surface area contributed by atoms with Gasteiger partial charge in [-0.2, -0.15) is 4.98 Å². The van der Waals surface area contributed by atoms with Crippen LogP contribution in [-0.4, -0.2) is 33.3 Å². The summed E-state index contributed by atoms with van der Waals surface area (Å²) in [6.07, 6.45) is 1.35. The van der Waals surface area contributed by atoms with Crippen LogP contribution in [0.4, 0.5) is 4.79 Å². The van der Waals surface area contributed by atoms with Gasteiger partial charge in [0.15, 0.2) is 5.82 Å². The summed E-state index contributed by atoms with van der Waals surface area (Å²) in [7, 11) is 0. The van der Waals surface area contributed by atoms with Gasteiger partial charge in [-0.15, -0.1) is 0 Å². The van der Waals surface area contributed by atoms with Crippen molar-refractivity contribution >= 4 is 6.09 Å². The molecule has 0 radical (unpaired) electrons. The third-order valence-electron chi connectivity index (χ3n) is 2.83. The predicted molar refractivity (Wildman–Crippen MR) is 67.1 cm³/mol. The average Bonchev–Trinajstić information content (AvgIpc) is 2.95. The number of ether oxygens (including phenoxy) is 1. The van der Waals surface area contributed by atoms with Crippen LogP contribution in [0.25, 0.3) is 0 Å². The average molecular weight is 268 g/mol. The molecule has 1 aromatic heterocycles. The van der Waals surface area contributed by atoms with E-state index >= 15 is 0 Å². The van der Waals surface area contributed by atoms with Crippen molar-refractivity contribution in [3.63, 3.8) is 0 Å². The topological polar surface area (TPSA) is 94.5 Å². The Bertz CT molecular complexity index is 452. The highest BCUT2D eigenvalue weighted by Gasteiger charge is 2.36. The first-order chi connectivity index (χ1) is 8.90. The summed E-state index contributed by atoms with van der Waals surface area (Å²) < 4.78 is 10.5. The number of hydrogen-bond acceptors (Lipinski definition) is 6. The zero-order valence-electron chi connectivity index (χ0n) is 11.5. The van der Waals surface area contributed by atoms with Crippen LogP contribution < -0.4 is 5.73 Å². The summed E-state index contributed by atoms with van der Waals surface area (Å²) in [5.74, 6) is 0.884. The van der Waals surface area contributed by atoms with Crippen LogP contribution in [0.2, 0.25) is 0 Å². The normalized spacial score (nSPS) is 19.8. The van der Waals surface area contributed by atoms with Gasteiger partial charge in [0.2, 0.25) is 5.89 Å². The van der Waals surface area contributed by atoms with Gasteiger partial charge >= 0.3 is 6.09 Å². The zero-order chi connectivity index (χ0) is 14.0. The molecule has 7 heteroatoms. The number of hydrogen-bond donors (Lipinski definition) is 1. The van der Waals surface area contributed by atoms with Crippen molar-refractivity contribution in [1.82, 2.24) is 15.0 Å². The molecule has 0 aliphatic carbocycles. The Hall–Kier alpha value is -1.63. The molecule has 0 bridgehead atoms. The summed E-state index contributed by atoms with van der Waals surface area (Å²) in [6, 6.07) is -0.206. The largest absolute Gasteiger partial charge is 0.444 e. The number of nitrogens with zero attached hydrogens (tertiary/aromatic N) is 3. The molecule has 0 spiro atoms. The molecule has 2 rings (SSSR count). The molecule has 1 atom stereocenters. The van der Waals surface area contributed by atoms with Crippen molar-refractivity contribution in [2.24, 2.45) is 5.73 Å². The number of rotatable bonds is 2. The number of carbonyl (C=O) groups is 1. The minimum atomic E-state index is -0.512. The van der Waals surface area contributed by atoms with Gasteiger partial charge < -0.3 is 15.0 Å². The molecule has 0 aromatic carbocycles. The fourth-order valence-electron chi connectivity index (χ4n) is 2.05. The molecule has 0 unspecified atom stereocenters. The second-order valence-electron chi connectivity index (χ2n) is 5.58. The quantitative estimate of drug-likeness (QED) is 0.875. The number of nitrogens with two attached hydrogens (primary N) is 1. The zero-order valence-corrected chi connectivity index (χ0v) is 11.5. The van der Waals surface area contributed by atoms with Gasteiger partial charge in [0.05, 0.1) is 6.54 Å². The number of aromatic nitrogens is 2. The predicted octanol–water partition coefficient (Wildman–Crippen LogP) is 1.60. The SMILES string of the molecule is CC(C)(C)OC(=O)N1CCC[C@@H]1c1nc(CN)no1. The van der Waals surface area contributed by atoms with Crippen molar-refractivity contribution in [3.05, 3.63) is 11.7 Å². The Morgan fingerprint density at radius 3 is 2.89 bits per heavy atom. The van der Waals surface area contributed by atoms with Crippen LogP contribution in [-0.2, 0) is 11.3 Å². The van der Waals surface area contributed by atoms with Crippen molar-refractivity contribution < 1.29 is 14.1 Å². The van der Waals surface area contributed by atoms with E-state index in [1.165, 1.54) is 0 Å². The third kappa shape index (κ3) is 3.23. The van der Waals surface area contributed by atoms with Crippen LogP contribution in [0.3, 0.4) is 0 Å². The van der Waals surface area contributed by atoms with Crippen LogP contribution in [0, 0.1) is 0 Å².